The number of rotatable bonds is 5. The fraction of sp³-hybridized carbons (Fsp3) is 0.333. The van der Waals surface area contributed by atoms with Gasteiger partial charge in [-0.05, 0) is 55.3 Å². The lowest BCUT2D eigenvalue weighted by atomic mass is 10.0. The van der Waals surface area contributed by atoms with Crippen LogP contribution in [0.15, 0.2) is 35.2 Å². The maximum atomic E-state index is 14.4. The van der Waals surface area contributed by atoms with Gasteiger partial charge in [0.25, 0.3) is 5.91 Å². The van der Waals surface area contributed by atoms with Gasteiger partial charge in [0.1, 0.15) is 5.82 Å². The Hall–Kier alpha value is -2.82. The van der Waals surface area contributed by atoms with Crippen molar-refractivity contribution >= 4 is 27.6 Å². The number of esters is 1. The number of methoxy groups -OCH3 is 1. The number of carbonyl (C=O) groups is 2. The standard InChI is InChI=1S/C21H23FN2O6S/c1-13-10-15(11-17(14(13)2)21(26)29-3)23-20(25)18-12-16(4-5-19(18)22)31(27,28)24-6-8-30-9-7-24/h4-5,10-12H,6-9H2,1-3H3,(H,23,25). The van der Waals surface area contributed by atoms with Gasteiger partial charge in [-0.25, -0.2) is 17.6 Å². The summed E-state index contributed by atoms with van der Waals surface area (Å²) in [7, 11) is -2.65. The molecule has 10 heteroatoms. The SMILES string of the molecule is COC(=O)c1cc(NC(=O)c2cc(S(=O)(=O)N3CCOCC3)ccc2F)cc(C)c1C. The van der Waals surface area contributed by atoms with Crippen LogP contribution in [0.2, 0.25) is 0 Å². The summed E-state index contributed by atoms with van der Waals surface area (Å²) in [5.41, 5.74) is 1.51. The monoisotopic (exact) mass is 450 g/mol. The van der Waals surface area contributed by atoms with E-state index in [1.165, 1.54) is 17.5 Å². The number of amides is 1. The van der Waals surface area contributed by atoms with E-state index < -0.39 is 33.3 Å². The van der Waals surface area contributed by atoms with Gasteiger partial charge < -0.3 is 14.8 Å². The average molecular weight is 450 g/mol. The van der Waals surface area contributed by atoms with E-state index in [2.05, 4.69) is 5.32 Å². The number of nitrogens with zero attached hydrogens (tertiary/aromatic N) is 1. The van der Waals surface area contributed by atoms with Gasteiger partial charge in [0.05, 0.1) is 36.3 Å². The van der Waals surface area contributed by atoms with Crippen LogP contribution in [0.1, 0.15) is 31.8 Å². The van der Waals surface area contributed by atoms with Crippen LogP contribution < -0.4 is 5.32 Å². The molecule has 8 nitrogen and oxygen atoms in total. The molecule has 1 saturated heterocycles. The number of sulfonamides is 1. The molecule has 0 atom stereocenters. The summed E-state index contributed by atoms with van der Waals surface area (Å²) in [5, 5.41) is 2.53. The Morgan fingerprint density at radius 1 is 1.10 bits per heavy atom. The fourth-order valence-electron chi connectivity index (χ4n) is 3.23. The number of ether oxygens (including phenoxy) is 2. The highest BCUT2D eigenvalue weighted by Gasteiger charge is 2.28. The number of morpholine rings is 1. The molecule has 1 aliphatic rings. The van der Waals surface area contributed by atoms with Gasteiger partial charge in [-0.3, -0.25) is 4.79 Å². The van der Waals surface area contributed by atoms with Gasteiger partial charge in [0, 0.05) is 18.8 Å². The van der Waals surface area contributed by atoms with Crippen LogP contribution in [0.25, 0.3) is 0 Å². The zero-order valence-corrected chi connectivity index (χ0v) is 18.2. The molecule has 3 rings (SSSR count). The van der Waals surface area contributed by atoms with E-state index in [-0.39, 0.29) is 42.4 Å². The summed E-state index contributed by atoms with van der Waals surface area (Å²) in [6.45, 7) is 4.40. The van der Waals surface area contributed by atoms with Crippen LogP contribution >= 0.6 is 0 Å². The fourth-order valence-corrected chi connectivity index (χ4v) is 4.66. The molecule has 0 radical (unpaired) electrons. The Kier molecular flexibility index (Phi) is 6.73. The second-order valence-corrected chi connectivity index (χ2v) is 9.01. The lowest BCUT2D eigenvalue weighted by Crippen LogP contribution is -2.40. The van der Waals surface area contributed by atoms with Crippen LogP contribution in [-0.2, 0) is 19.5 Å². The molecule has 31 heavy (non-hydrogen) atoms. The van der Waals surface area contributed by atoms with Crippen LogP contribution in [0.5, 0.6) is 0 Å². The quantitative estimate of drug-likeness (QED) is 0.703. The van der Waals surface area contributed by atoms with E-state index in [0.717, 1.165) is 23.8 Å². The zero-order chi connectivity index (χ0) is 22.8. The molecule has 1 heterocycles. The molecule has 1 N–H and O–H groups in total. The van der Waals surface area contributed by atoms with Crippen molar-refractivity contribution in [1.82, 2.24) is 4.31 Å². The highest BCUT2D eigenvalue weighted by Crippen LogP contribution is 2.24. The molecule has 0 bridgehead atoms. The Balaban J connectivity index is 1.92. The number of anilines is 1. The molecule has 0 unspecified atom stereocenters. The highest BCUT2D eigenvalue weighted by atomic mass is 32.2. The molecule has 2 aromatic carbocycles. The third-order valence-corrected chi connectivity index (χ3v) is 7.02. The Morgan fingerprint density at radius 3 is 2.42 bits per heavy atom. The predicted octanol–water partition coefficient (Wildman–Crippen LogP) is 2.50. The first-order valence-electron chi connectivity index (χ1n) is 9.53. The van der Waals surface area contributed by atoms with Crippen LogP contribution in [0, 0.1) is 19.7 Å². The number of carbonyl (C=O) groups excluding carboxylic acids is 2. The molecular formula is C21H23FN2O6S. The molecule has 2 aromatic rings. The number of halogens is 1. The molecule has 166 valence electrons. The topological polar surface area (TPSA) is 102 Å². The maximum absolute atomic E-state index is 14.4. The predicted molar refractivity (Wildman–Crippen MR) is 111 cm³/mol. The number of aryl methyl sites for hydroxylation is 1. The average Bonchev–Trinajstić information content (AvgIpc) is 2.76. The van der Waals surface area contributed by atoms with Crippen LogP contribution in [-0.4, -0.2) is 58.0 Å². The van der Waals surface area contributed by atoms with Crippen molar-refractivity contribution in [2.24, 2.45) is 0 Å². The van der Waals surface area contributed by atoms with E-state index >= 15 is 0 Å². The van der Waals surface area contributed by atoms with Gasteiger partial charge >= 0.3 is 5.97 Å². The summed E-state index contributed by atoms with van der Waals surface area (Å²) < 4.78 is 51.2. The minimum atomic E-state index is -3.90. The first-order chi connectivity index (χ1) is 14.6. The summed E-state index contributed by atoms with van der Waals surface area (Å²) >= 11 is 0. The van der Waals surface area contributed by atoms with Gasteiger partial charge in [-0.2, -0.15) is 4.31 Å². The minimum Gasteiger partial charge on any atom is -0.465 e. The molecule has 0 saturated carbocycles. The summed E-state index contributed by atoms with van der Waals surface area (Å²) in [5.74, 6) is -2.27. The zero-order valence-electron chi connectivity index (χ0n) is 17.4. The lowest BCUT2D eigenvalue weighted by molar-refractivity contribution is 0.0599. The Labute approximate surface area is 180 Å². The lowest BCUT2D eigenvalue weighted by Gasteiger charge is -2.26. The van der Waals surface area contributed by atoms with Crippen molar-refractivity contribution in [3.8, 4) is 0 Å². The second kappa shape index (κ2) is 9.13. The van der Waals surface area contributed by atoms with Crippen LogP contribution in [0.3, 0.4) is 0 Å². The first kappa shape index (κ1) is 22.9. The molecule has 0 aliphatic carbocycles. The van der Waals surface area contributed by atoms with Crippen molar-refractivity contribution < 1.29 is 31.9 Å². The molecule has 0 aromatic heterocycles. The number of benzene rings is 2. The van der Waals surface area contributed by atoms with Crippen molar-refractivity contribution in [3.63, 3.8) is 0 Å². The summed E-state index contributed by atoms with van der Waals surface area (Å²) in [6.07, 6.45) is 0. The van der Waals surface area contributed by atoms with Gasteiger partial charge in [-0.1, -0.05) is 0 Å². The largest absolute Gasteiger partial charge is 0.465 e. The molecule has 1 aliphatic heterocycles. The molecule has 0 spiro atoms. The van der Waals surface area contributed by atoms with Crippen LogP contribution in [0.4, 0.5) is 10.1 Å². The van der Waals surface area contributed by atoms with E-state index in [4.69, 9.17) is 9.47 Å². The number of hydrogen-bond acceptors (Lipinski definition) is 6. The number of nitrogens with one attached hydrogen (secondary N) is 1. The van der Waals surface area contributed by atoms with Crippen molar-refractivity contribution in [3.05, 3.63) is 58.4 Å². The van der Waals surface area contributed by atoms with E-state index in [1.807, 2.05) is 0 Å². The summed E-state index contributed by atoms with van der Waals surface area (Å²) in [4.78, 5) is 24.5. The van der Waals surface area contributed by atoms with E-state index in [9.17, 15) is 22.4 Å². The van der Waals surface area contributed by atoms with Gasteiger partial charge in [0.2, 0.25) is 10.0 Å². The maximum Gasteiger partial charge on any atom is 0.338 e. The smallest absolute Gasteiger partial charge is 0.338 e. The third kappa shape index (κ3) is 4.76. The Morgan fingerprint density at radius 2 is 1.77 bits per heavy atom. The summed E-state index contributed by atoms with van der Waals surface area (Å²) in [6, 6.07) is 6.15. The molecular weight excluding hydrogens is 427 g/mol. The minimum absolute atomic E-state index is 0.181. The highest BCUT2D eigenvalue weighted by molar-refractivity contribution is 7.89. The molecule has 1 fully saturated rings. The van der Waals surface area contributed by atoms with Crippen molar-refractivity contribution in [2.75, 3.05) is 38.7 Å². The van der Waals surface area contributed by atoms with Gasteiger partial charge in [0.15, 0.2) is 0 Å². The molecule has 1 amide bonds. The third-order valence-electron chi connectivity index (χ3n) is 5.12. The first-order valence-corrected chi connectivity index (χ1v) is 11.0. The van der Waals surface area contributed by atoms with Crippen molar-refractivity contribution in [2.45, 2.75) is 18.7 Å². The normalized spacial score (nSPS) is 14.8. The van der Waals surface area contributed by atoms with Crippen molar-refractivity contribution in [1.29, 1.82) is 0 Å². The second-order valence-electron chi connectivity index (χ2n) is 7.07. The number of hydrogen-bond donors (Lipinski definition) is 1. The Bertz CT molecular complexity index is 1130. The van der Waals surface area contributed by atoms with Gasteiger partial charge in [-0.15, -0.1) is 0 Å². The van der Waals surface area contributed by atoms with E-state index in [0.29, 0.717) is 5.56 Å². The van der Waals surface area contributed by atoms with E-state index in [1.54, 1.807) is 19.9 Å².